The number of nitrogens with zero attached hydrogens (tertiary/aromatic N) is 4. The zero-order valence-corrected chi connectivity index (χ0v) is 42.1. The second-order valence-corrected chi connectivity index (χ2v) is 17.8. The smallest absolute Gasteiger partial charge is 0.744 e. The molecule has 0 aliphatic rings. The maximum absolute atomic E-state index is 12.6. The molecule has 24 nitrogen and oxygen atoms in total. The van der Waals surface area contributed by atoms with Crippen molar-refractivity contribution in [1.29, 1.82) is 0 Å². The monoisotopic (exact) mass is 940 g/mol. The maximum atomic E-state index is 12.6. The minimum atomic E-state index is -5.34. The summed E-state index contributed by atoms with van der Waals surface area (Å²) in [7, 11) is -24.1. The van der Waals surface area contributed by atoms with E-state index in [-0.39, 0.29) is 151 Å². The molecule has 0 saturated carbocycles. The van der Waals surface area contributed by atoms with Crippen molar-refractivity contribution >= 4 is 96.8 Å². The summed E-state index contributed by atoms with van der Waals surface area (Å²) >= 11 is 0.120. The van der Waals surface area contributed by atoms with Crippen LogP contribution in [0.25, 0.3) is 0 Å². The van der Waals surface area contributed by atoms with Crippen LogP contribution in [0.2, 0.25) is 0 Å². The van der Waals surface area contributed by atoms with E-state index in [2.05, 4.69) is 38.2 Å². The van der Waals surface area contributed by atoms with E-state index in [1.165, 1.54) is 0 Å². The van der Waals surface area contributed by atoms with Crippen LogP contribution in [0.5, 0.6) is 0 Å². The number of sulfone groups is 2. The molecular weight excluding hydrogens is 921 g/mol. The van der Waals surface area contributed by atoms with Crippen LogP contribution in [0.1, 0.15) is 0 Å². The minimum Gasteiger partial charge on any atom is -0.744 e. The van der Waals surface area contributed by atoms with Crippen molar-refractivity contribution < 1.29 is 197 Å². The molecule has 0 fully saturated rings. The molecule has 56 heavy (non-hydrogen) atoms. The summed E-state index contributed by atoms with van der Waals surface area (Å²) in [5.41, 5.74) is 9.10. The molecule has 0 heterocycles. The van der Waals surface area contributed by atoms with Crippen molar-refractivity contribution in [3.8, 4) is 0 Å². The second-order valence-electron chi connectivity index (χ2n) is 9.36. The van der Waals surface area contributed by atoms with Crippen LogP contribution in [-0.2, 0) is 68.3 Å². The first kappa shape index (κ1) is 58.3. The third-order valence-corrected chi connectivity index (χ3v) is 11.7. The van der Waals surface area contributed by atoms with E-state index in [9.17, 15) is 61.0 Å². The van der Waals surface area contributed by atoms with Crippen molar-refractivity contribution in [2.75, 3.05) is 36.2 Å². The van der Waals surface area contributed by atoms with E-state index in [1.54, 1.807) is 0 Å². The van der Waals surface area contributed by atoms with E-state index < -0.39 is 108 Å². The molecular formula is C22H20N6Na4O18S6. The predicted molar refractivity (Wildman–Crippen MR) is 168 cm³/mol. The fourth-order valence-electron chi connectivity index (χ4n) is 3.61. The molecule has 0 bridgehead atoms. The second kappa shape index (κ2) is 24.6. The first-order chi connectivity index (χ1) is 23.9. The van der Waals surface area contributed by atoms with Crippen molar-refractivity contribution in [3.05, 3.63) is 48.5 Å². The first-order valence-electron chi connectivity index (χ1n) is 13.0. The van der Waals surface area contributed by atoms with Crippen molar-refractivity contribution in [2.24, 2.45) is 20.5 Å². The van der Waals surface area contributed by atoms with Gasteiger partial charge in [-0.15, -0.1) is 15.3 Å². The van der Waals surface area contributed by atoms with Crippen molar-refractivity contribution in [2.45, 2.75) is 19.6 Å². The Bertz CT molecular complexity index is 2440. The summed E-state index contributed by atoms with van der Waals surface area (Å²) in [5, 5.41) is 28.8. The SMILES string of the molecule is Nc1c(N=Nc2ccc(S(=O)(=O)CCOS(=O)(=O)[O-])cc2)cc(S(=O)(=O)[O-])c(N)c1N=Nc1ccc(S(=O)(=O)CCOS(=O)(=O)[O-])cc1SOO[O-].[Na+].[Na+].[Na+].[Na+]. The molecule has 3 aromatic rings. The molecule has 0 atom stereocenters. The standard InChI is InChI=1S/C22H24N6O18S6.4Na/c23-20-17(27-25-13-1-3-14(4-2-13)48(30,31)9-7-43-51(37,38)39)12-19(50(34,35)36)21(24)22(20)28-26-16-6-5-15(11-18(16)47-46-45-29)49(32,33)10-8-44-52(40,41)42;;;;/h1-6,11-12,29H,7-10,23-24H2,(H,34,35,36)(H,37,38,39)(H,40,41,42);;;;/q;4*+1/p-4. The molecule has 4 N–H and O–H groups in total. The molecule has 3 aromatic carbocycles. The molecule has 3 rings (SSSR count). The fourth-order valence-corrected chi connectivity index (χ4v) is 7.76. The Morgan fingerprint density at radius 2 is 1.09 bits per heavy atom. The van der Waals surface area contributed by atoms with Gasteiger partial charge in [-0.05, 0) is 48.5 Å². The van der Waals surface area contributed by atoms with Gasteiger partial charge in [0, 0.05) is 0 Å². The molecule has 0 aliphatic carbocycles. The number of hydrogen-bond acceptors (Lipinski definition) is 25. The molecule has 0 saturated heterocycles. The third kappa shape index (κ3) is 18.5. The topological polar surface area (TPSA) is 401 Å². The number of nitrogens with two attached hydrogens (primary N) is 2. The van der Waals surface area contributed by atoms with Gasteiger partial charge in [0.2, 0.25) is 20.8 Å². The number of rotatable bonds is 18. The number of hydrogen-bond donors (Lipinski definition) is 2. The van der Waals surface area contributed by atoms with E-state index >= 15 is 0 Å². The van der Waals surface area contributed by atoms with Gasteiger partial charge in [-0.3, -0.25) is 13.4 Å². The summed E-state index contributed by atoms with van der Waals surface area (Å²) < 4.78 is 161. The Morgan fingerprint density at radius 3 is 1.57 bits per heavy atom. The molecule has 0 radical (unpaired) electrons. The van der Waals surface area contributed by atoms with Gasteiger partial charge in [-0.1, -0.05) is 0 Å². The summed E-state index contributed by atoms with van der Waals surface area (Å²) in [5.74, 6) is -1.84. The summed E-state index contributed by atoms with van der Waals surface area (Å²) in [6.45, 7) is -1.97. The number of azo groups is 2. The van der Waals surface area contributed by atoms with E-state index in [4.69, 9.17) is 11.5 Å². The van der Waals surface area contributed by atoms with Gasteiger partial charge in [0.1, 0.15) is 27.2 Å². The average molecular weight is 941 g/mol. The van der Waals surface area contributed by atoms with Crippen LogP contribution >= 0.6 is 12.0 Å². The molecule has 0 amide bonds. The van der Waals surface area contributed by atoms with Gasteiger partial charge in [0.25, 0.3) is 0 Å². The summed E-state index contributed by atoms with van der Waals surface area (Å²) in [4.78, 5) is -2.20. The van der Waals surface area contributed by atoms with Crippen LogP contribution < -0.4 is 135 Å². The van der Waals surface area contributed by atoms with Crippen LogP contribution in [0.15, 0.2) is 88.6 Å². The Labute approximate surface area is 412 Å². The normalized spacial score (nSPS) is 12.4. The van der Waals surface area contributed by atoms with E-state index in [0.717, 1.165) is 42.5 Å². The molecule has 0 spiro atoms. The van der Waals surface area contributed by atoms with Crippen LogP contribution in [-0.4, -0.2) is 80.5 Å². The molecule has 286 valence electrons. The fraction of sp³-hybridized carbons (Fsp3) is 0.182. The van der Waals surface area contributed by atoms with Gasteiger partial charge < -0.3 is 30.4 Å². The van der Waals surface area contributed by atoms with Gasteiger partial charge in [-0.2, -0.15) is 9.45 Å². The maximum Gasteiger partial charge on any atom is 1.00 e. The quantitative estimate of drug-likeness (QED) is 0.0175. The molecule has 0 unspecified atom stereocenters. The third-order valence-electron chi connectivity index (χ3n) is 5.92. The zero-order valence-electron chi connectivity index (χ0n) is 29.2. The first-order valence-corrected chi connectivity index (χ1v) is 21.1. The predicted octanol–water partition coefficient (Wildman–Crippen LogP) is -11.7. The molecule has 0 aliphatic heterocycles. The van der Waals surface area contributed by atoms with E-state index in [1.807, 2.05) is 0 Å². The van der Waals surface area contributed by atoms with Crippen LogP contribution in [0.4, 0.5) is 34.1 Å². The Kier molecular flexibility index (Phi) is 25.6. The van der Waals surface area contributed by atoms with Gasteiger partial charge in [0.15, 0.2) is 19.7 Å². The molecule has 0 aromatic heterocycles. The van der Waals surface area contributed by atoms with Crippen molar-refractivity contribution in [3.63, 3.8) is 0 Å². The largest absolute Gasteiger partial charge is 1.00 e. The van der Waals surface area contributed by atoms with Gasteiger partial charge in [-0.25, -0.2) is 42.1 Å². The van der Waals surface area contributed by atoms with E-state index in [0.29, 0.717) is 6.07 Å². The zero-order chi connectivity index (χ0) is 39.1. The number of nitrogen functional groups attached to an aromatic ring is 2. The molecule has 34 heteroatoms. The van der Waals surface area contributed by atoms with Crippen LogP contribution in [0.3, 0.4) is 0 Å². The van der Waals surface area contributed by atoms with Gasteiger partial charge >= 0.3 is 118 Å². The van der Waals surface area contributed by atoms with Crippen molar-refractivity contribution in [1.82, 2.24) is 0 Å². The Balaban J connectivity index is 0. The van der Waals surface area contributed by atoms with Crippen LogP contribution in [0, 0.1) is 0 Å². The average Bonchev–Trinajstić information content (AvgIpc) is 3.01. The Morgan fingerprint density at radius 1 is 0.607 bits per heavy atom. The Hall–Kier alpha value is 0.240. The number of benzene rings is 3. The summed E-state index contributed by atoms with van der Waals surface area (Å²) in [6, 6.07) is 7.76. The van der Waals surface area contributed by atoms with Gasteiger partial charge in [0.05, 0.1) is 73.4 Å². The number of anilines is 2. The minimum absolute atomic E-state index is 0. The summed E-state index contributed by atoms with van der Waals surface area (Å²) in [6.07, 6.45) is 0.